The van der Waals surface area contributed by atoms with E-state index < -0.39 is 12.0 Å². The average molecular weight is 224 g/mol. The number of ether oxygens (including phenoxy) is 1. The van der Waals surface area contributed by atoms with Crippen LogP contribution in [-0.4, -0.2) is 24.9 Å². The standard InChI is InChI=1S/C6H10BrNO3/c1-4(9)3-5(8-7)6(10)11-2/h5,8H,3H2,1-2H3/t5-/m0/s1. The van der Waals surface area contributed by atoms with Gasteiger partial charge in [-0.3, -0.25) is 9.59 Å². The predicted octanol–water partition coefficient (Wildman–Crippen LogP) is 0.407. The van der Waals surface area contributed by atoms with Crippen molar-refractivity contribution >= 4 is 27.9 Å². The van der Waals surface area contributed by atoms with Crippen LogP contribution in [0.3, 0.4) is 0 Å². The molecule has 0 radical (unpaired) electrons. The van der Waals surface area contributed by atoms with E-state index in [4.69, 9.17) is 0 Å². The first-order chi connectivity index (χ1) is 5.11. The van der Waals surface area contributed by atoms with E-state index >= 15 is 0 Å². The minimum Gasteiger partial charge on any atom is -0.468 e. The lowest BCUT2D eigenvalue weighted by Gasteiger charge is -2.09. The van der Waals surface area contributed by atoms with Crippen LogP contribution in [0, 0.1) is 0 Å². The Hall–Kier alpha value is -0.420. The maximum Gasteiger partial charge on any atom is 0.324 e. The van der Waals surface area contributed by atoms with Crippen LogP contribution >= 0.6 is 16.1 Å². The second kappa shape index (κ2) is 5.26. The van der Waals surface area contributed by atoms with Gasteiger partial charge in [0, 0.05) is 22.6 Å². The lowest BCUT2D eigenvalue weighted by atomic mass is 10.2. The Morgan fingerprint density at radius 3 is 2.45 bits per heavy atom. The molecule has 1 atom stereocenters. The molecule has 0 saturated carbocycles. The smallest absolute Gasteiger partial charge is 0.324 e. The first kappa shape index (κ1) is 10.6. The molecule has 5 heteroatoms. The molecule has 0 amide bonds. The number of hydrogen-bond donors (Lipinski definition) is 1. The molecule has 0 aromatic heterocycles. The Morgan fingerprint density at radius 1 is 1.64 bits per heavy atom. The van der Waals surface area contributed by atoms with E-state index in [-0.39, 0.29) is 12.2 Å². The fraction of sp³-hybridized carbons (Fsp3) is 0.667. The van der Waals surface area contributed by atoms with E-state index in [1.165, 1.54) is 14.0 Å². The zero-order valence-corrected chi connectivity index (χ0v) is 7.97. The maximum atomic E-state index is 10.8. The number of esters is 1. The number of halogens is 1. The number of carbonyl (C=O) groups excluding carboxylic acids is 2. The molecule has 64 valence electrons. The molecule has 0 rings (SSSR count). The summed E-state index contributed by atoms with van der Waals surface area (Å²) in [7, 11) is 1.28. The zero-order valence-electron chi connectivity index (χ0n) is 6.39. The number of carbonyl (C=O) groups is 2. The largest absolute Gasteiger partial charge is 0.468 e. The summed E-state index contributed by atoms with van der Waals surface area (Å²) in [6.07, 6.45) is 0.137. The molecule has 4 nitrogen and oxygen atoms in total. The quantitative estimate of drug-likeness (QED) is 0.555. The summed E-state index contributed by atoms with van der Waals surface area (Å²) < 4.78 is 6.92. The van der Waals surface area contributed by atoms with E-state index in [1.807, 2.05) is 0 Å². The Bertz CT molecular complexity index is 160. The summed E-state index contributed by atoms with van der Waals surface area (Å²) in [4.78, 5) is 21.4. The van der Waals surface area contributed by atoms with E-state index in [1.54, 1.807) is 0 Å². The van der Waals surface area contributed by atoms with E-state index in [0.29, 0.717) is 0 Å². The van der Waals surface area contributed by atoms with Crippen molar-refractivity contribution in [3.05, 3.63) is 0 Å². The molecule has 0 aliphatic rings. The molecule has 0 aromatic carbocycles. The minimum atomic E-state index is -0.586. The van der Waals surface area contributed by atoms with Crippen molar-refractivity contribution in [3.8, 4) is 0 Å². The van der Waals surface area contributed by atoms with E-state index in [9.17, 15) is 9.59 Å². The highest BCUT2D eigenvalue weighted by Gasteiger charge is 2.18. The highest BCUT2D eigenvalue weighted by molar-refractivity contribution is 9.08. The van der Waals surface area contributed by atoms with Crippen LogP contribution in [0.5, 0.6) is 0 Å². The second-order valence-electron chi connectivity index (χ2n) is 2.09. The van der Waals surface area contributed by atoms with Gasteiger partial charge in [0.15, 0.2) is 0 Å². The van der Waals surface area contributed by atoms with Crippen LogP contribution in [-0.2, 0) is 14.3 Å². The lowest BCUT2D eigenvalue weighted by Crippen LogP contribution is -2.33. The summed E-state index contributed by atoms with van der Waals surface area (Å²) in [5.74, 6) is -0.510. The van der Waals surface area contributed by atoms with Gasteiger partial charge in [-0.1, -0.05) is 0 Å². The van der Waals surface area contributed by atoms with Gasteiger partial charge in [0.1, 0.15) is 11.8 Å². The number of methoxy groups -OCH3 is 1. The molecular formula is C6H10BrNO3. The normalized spacial score (nSPS) is 12.3. The first-order valence-corrected chi connectivity index (χ1v) is 3.84. The lowest BCUT2D eigenvalue weighted by molar-refractivity contribution is -0.143. The van der Waals surface area contributed by atoms with Gasteiger partial charge >= 0.3 is 5.97 Å². The van der Waals surface area contributed by atoms with E-state index in [2.05, 4.69) is 25.2 Å². The number of Topliss-reactive ketones (excluding diaryl/α,β-unsaturated/α-hetero) is 1. The Balaban J connectivity index is 3.94. The summed E-state index contributed by atoms with van der Waals surface area (Å²) in [5.41, 5.74) is 0. The Morgan fingerprint density at radius 2 is 2.18 bits per heavy atom. The third-order valence-electron chi connectivity index (χ3n) is 1.11. The Labute approximate surface area is 73.6 Å². The molecule has 0 spiro atoms. The average Bonchev–Trinajstić information content (AvgIpc) is 1.98. The van der Waals surface area contributed by atoms with Gasteiger partial charge in [-0.05, 0) is 6.92 Å². The van der Waals surface area contributed by atoms with Crippen LogP contribution < -0.4 is 4.34 Å². The summed E-state index contributed by atoms with van der Waals surface area (Å²) in [5, 5.41) is 0. The SMILES string of the molecule is COC(=O)[C@H](CC(C)=O)NBr. The van der Waals surface area contributed by atoms with Crippen molar-refractivity contribution in [1.29, 1.82) is 0 Å². The van der Waals surface area contributed by atoms with Crippen LogP contribution in [0.15, 0.2) is 0 Å². The monoisotopic (exact) mass is 223 g/mol. The molecule has 0 heterocycles. The van der Waals surface area contributed by atoms with Crippen molar-refractivity contribution in [2.75, 3.05) is 7.11 Å². The molecule has 0 saturated heterocycles. The third kappa shape index (κ3) is 4.10. The molecule has 1 N–H and O–H groups in total. The van der Waals surface area contributed by atoms with Crippen LogP contribution in [0.2, 0.25) is 0 Å². The number of nitrogens with one attached hydrogen (secondary N) is 1. The minimum absolute atomic E-state index is 0.0626. The van der Waals surface area contributed by atoms with Crippen LogP contribution in [0.1, 0.15) is 13.3 Å². The molecule has 0 aliphatic carbocycles. The van der Waals surface area contributed by atoms with E-state index in [0.717, 1.165) is 0 Å². The van der Waals surface area contributed by atoms with Crippen molar-refractivity contribution in [1.82, 2.24) is 4.34 Å². The fourth-order valence-corrected chi connectivity index (χ4v) is 0.945. The molecule has 11 heavy (non-hydrogen) atoms. The van der Waals surface area contributed by atoms with Gasteiger partial charge in [-0.15, -0.1) is 0 Å². The van der Waals surface area contributed by atoms with Gasteiger partial charge < -0.3 is 4.74 Å². The topological polar surface area (TPSA) is 55.4 Å². The first-order valence-electron chi connectivity index (χ1n) is 3.05. The second-order valence-corrected chi connectivity index (χ2v) is 2.55. The predicted molar refractivity (Wildman–Crippen MR) is 43.2 cm³/mol. The third-order valence-corrected chi connectivity index (χ3v) is 1.66. The fourth-order valence-electron chi connectivity index (χ4n) is 0.596. The molecule has 0 bridgehead atoms. The van der Waals surface area contributed by atoms with Crippen LogP contribution in [0.25, 0.3) is 0 Å². The number of hydrogen-bond acceptors (Lipinski definition) is 4. The van der Waals surface area contributed by atoms with Gasteiger partial charge in [0.2, 0.25) is 0 Å². The molecule has 0 aliphatic heterocycles. The Kier molecular flexibility index (Phi) is 5.06. The van der Waals surface area contributed by atoms with Gasteiger partial charge in [-0.2, -0.15) is 0 Å². The van der Waals surface area contributed by atoms with Crippen molar-refractivity contribution in [2.45, 2.75) is 19.4 Å². The highest BCUT2D eigenvalue weighted by atomic mass is 79.9. The molecule has 0 unspecified atom stereocenters. The van der Waals surface area contributed by atoms with Crippen LogP contribution in [0.4, 0.5) is 0 Å². The van der Waals surface area contributed by atoms with Gasteiger partial charge in [0.25, 0.3) is 0 Å². The number of rotatable bonds is 4. The summed E-state index contributed by atoms with van der Waals surface area (Å²) >= 11 is 2.88. The van der Waals surface area contributed by atoms with Gasteiger partial charge in [0.05, 0.1) is 7.11 Å². The highest BCUT2D eigenvalue weighted by Crippen LogP contribution is 1.97. The van der Waals surface area contributed by atoms with Gasteiger partial charge in [-0.25, -0.2) is 4.34 Å². The molecule has 0 fully saturated rings. The summed E-state index contributed by atoms with van der Waals surface area (Å²) in [6.45, 7) is 1.42. The molecular weight excluding hydrogens is 214 g/mol. The zero-order chi connectivity index (χ0) is 8.85. The van der Waals surface area contributed by atoms with Crippen molar-refractivity contribution in [3.63, 3.8) is 0 Å². The maximum absolute atomic E-state index is 10.8. The number of ketones is 1. The van der Waals surface area contributed by atoms with Crippen molar-refractivity contribution < 1.29 is 14.3 Å². The van der Waals surface area contributed by atoms with Crippen molar-refractivity contribution in [2.24, 2.45) is 0 Å². The molecule has 0 aromatic rings. The summed E-state index contributed by atoms with van der Waals surface area (Å²) in [6, 6.07) is -0.586.